The van der Waals surface area contributed by atoms with Gasteiger partial charge >= 0.3 is 0 Å². The highest BCUT2D eigenvalue weighted by Crippen LogP contribution is 2.11. The quantitative estimate of drug-likeness (QED) is 0.356. The van der Waals surface area contributed by atoms with E-state index >= 15 is 0 Å². The number of nitrogens with two attached hydrogens (primary N) is 1. The number of carbonyl (C=O) groups excluding carboxylic acids is 1. The predicted octanol–water partition coefficient (Wildman–Crippen LogP) is 3.09. The number of aromatic nitrogens is 3. The Morgan fingerprint density at radius 3 is 2.20 bits per heavy atom. The van der Waals surface area contributed by atoms with Crippen LogP contribution in [0.3, 0.4) is 0 Å². The van der Waals surface area contributed by atoms with Gasteiger partial charge in [-0.15, -0.1) is 10.2 Å². The van der Waals surface area contributed by atoms with Crippen molar-refractivity contribution in [1.82, 2.24) is 14.9 Å². The van der Waals surface area contributed by atoms with Gasteiger partial charge in [0.05, 0.1) is 0 Å². The van der Waals surface area contributed by atoms with Crippen molar-refractivity contribution >= 4 is 27.8 Å². The van der Waals surface area contributed by atoms with Gasteiger partial charge in [-0.3, -0.25) is 4.79 Å². The number of hydrogen-bond donors (Lipinski definition) is 1. The van der Waals surface area contributed by atoms with Gasteiger partial charge in [-0.2, -0.15) is 0 Å². The van der Waals surface area contributed by atoms with E-state index in [1.807, 2.05) is 44.2 Å². The summed E-state index contributed by atoms with van der Waals surface area (Å²) in [4.78, 5) is 12.1. The number of rotatable bonds is 7. The Morgan fingerprint density at radius 2 is 1.57 bits per heavy atom. The zero-order chi connectivity index (χ0) is 21.7. The van der Waals surface area contributed by atoms with E-state index in [-0.39, 0.29) is 5.82 Å². The van der Waals surface area contributed by atoms with Crippen molar-refractivity contribution in [2.75, 3.05) is 5.84 Å². The van der Waals surface area contributed by atoms with Crippen molar-refractivity contribution in [3.8, 4) is 0 Å². The average Bonchev–Trinajstić information content (AvgIpc) is 3.05. The summed E-state index contributed by atoms with van der Waals surface area (Å²) < 4.78 is 25.9. The highest BCUT2D eigenvalue weighted by atomic mass is 32.2. The van der Waals surface area contributed by atoms with Crippen molar-refractivity contribution in [3.63, 3.8) is 0 Å². The molecule has 0 amide bonds. The van der Waals surface area contributed by atoms with E-state index in [0.29, 0.717) is 11.4 Å². The van der Waals surface area contributed by atoms with Crippen LogP contribution in [0.4, 0.5) is 0 Å². The van der Waals surface area contributed by atoms with E-state index in [1.165, 1.54) is 0 Å². The van der Waals surface area contributed by atoms with Crippen LogP contribution in [0, 0.1) is 13.8 Å². The van der Waals surface area contributed by atoms with Crippen molar-refractivity contribution < 1.29 is 13.2 Å². The molecule has 0 spiro atoms. The molecule has 2 N–H and O–H groups in total. The number of aryl methyl sites for hydroxylation is 2. The maximum absolute atomic E-state index is 12.4. The minimum Gasteiger partial charge on any atom is -0.336 e. The van der Waals surface area contributed by atoms with Gasteiger partial charge in [0.25, 0.3) is 0 Å². The fourth-order valence-electron chi connectivity index (χ4n) is 2.61. The molecule has 0 aliphatic rings. The molecule has 0 bridgehead atoms. The number of sulfone groups is 1. The van der Waals surface area contributed by atoms with Crippen LogP contribution in [0.1, 0.15) is 38.7 Å². The van der Waals surface area contributed by atoms with Crippen molar-refractivity contribution in [2.24, 2.45) is 0 Å². The lowest BCUT2D eigenvalue weighted by atomic mass is 10.1. The topological polar surface area (TPSA) is 108 Å². The molecular formula is C22H22N4O3S. The molecule has 0 aliphatic carbocycles. The Hall–Kier alpha value is -3.52. The first-order valence-corrected chi connectivity index (χ1v) is 10.9. The summed E-state index contributed by atoms with van der Waals surface area (Å²) in [6, 6.07) is 14.7. The minimum atomic E-state index is -3.76. The lowest BCUT2D eigenvalue weighted by Crippen LogP contribution is -2.17. The van der Waals surface area contributed by atoms with Crippen molar-refractivity contribution in [2.45, 2.75) is 19.6 Å². The summed E-state index contributed by atoms with van der Waals surface area (Å²) in [6.45, 7) is 3.90. The lowest BCUT2D eigenvalue weighted by Gasteiger charge is -2.01. The zero-order valence-corrected chi connectivity index (χ0v) is 17.5. The number of nitrogen functional groups attached to an aromatic ring is 1. The summed E-state index contributed by atoms with van der Waals surface area (Å²) in [6.07, 6.45) is 4.51. The van der Waals surface area contributed by atoms with Gasteiger partial charge in [0.15, 0.2) is 27.3 Å². The van der Waals surface area contributed by atoms with E-state index in [1.54, 1.807) is 30.3 Å². The van der Waals surface area contributed by atoms with Crippen LogP contribution in [-0.4, -0.2) is 29.1 Å². The number of hydrogen-bond acceptors (Lipinski definition) is 6. The molecule has 0 unspecified atom stereocenters. The van der Waals surface area contributed by atoms with Gasteiger partial charge in [-0.25, -0.2) is 13.1 Å². The smallest absolute Gasteiger partial charge is 0.186 e. The zero-order valence-electron chi connectivity index (χ0n) is 16.7. The van der Waals surface area contributed by atoms with Crippen LogP contribution in [0.5, 0.6) is 0 Å². The molecule has 0 aliphatic heterocycles. The van der Waals surface area contributed by atoms with Crippen LogP contribution in [0.25, 0.3) is 12.2 Å². The molecule has 1 heterocycles. The largest absolute Gasteiger partial charge is 0.336 e. The molecule has 154 valence electrons. The molecule has 0 radical (unpaired) electrons. The number of ketones is 1. The number of nitrogens with zero attached hydrogens (tertiary/aromatic N) is 3. The summed E-state index contributed by atoms with van der Waals surface area (Å²) in [7, 11) is -3.76. The third-order valence-corrected chi connectivity index (χ3v) is 5.60. The summed E-state index contributed by atoms with van der Waals surface area (Å²) in [5.41, 5.74) is 3.53. The normalized spacial score (nSPS) is 12.1. The molecule has 3 aromatic rings. The minimum absolute atomic E-state index is 0.0750. The van der Waals surface area contributed by atoms with Crippen LogP contribution in [0.2, 0.25) is 0 Å². The summed E-state index contributed by atoms with van der Waals surface area (Å²) in [5.74, 6) is 5.48. The monoisotopic (exact) mass is 422 g/mol. The third-order valence-electron chi connectivity index (χ3n) is 4.39. The Morgan fingerprint density at radius 1 is 0.967 bits per heavy atom. The van der Waals surface area contributed by atoms with Crippen LogP contribution < -0.4 is 5.84 Å². The Labute approximate surface area is 175 Å². The van der Waals surface area contributed by atoms with E-state index in [4.69, 9.17) is 5.84 Å². The number of benzene rings is 2. The standard InChI is InChI=1S/C22H22N4O3S/c1-16-3-7-18(8-4-16)9-12-21-24-25-22(26(21)23)15-30(28,29)14-13-20(27)19-10-5-17(2)6-11-19/h3-14H,15,23H2,1-2H3. The average molecular weight is 423 g/mol. The number of allylic oxidation sites excluding steroid dienone is 1. The first kappa shape index (κ1) is 21.2. The van der Waals surface area contributed by atoms with Gasteiger partial charge in [-0.1, -0.05) is 65.7 Å². The fraction of sp³-hybridized carbons (Fsp3) is 0.136. The van der Waals surface area contributed by atoms with Crippen molar-refractivity contribution in [3.05, 3.63) is 93.9 Å². The van der Waals surface area contributed by atoms with E-state index in [0.717, 1.165) is 32.9 Å². The lowest BCUT2D eigenvalue weighted by molar-refractivity contribution is 0.104. The van der Waals surface area contributed by atoms with Gasteiger partial charge in [0.1, 0.15) is 5.75 Å². The fourth-order valence-corrected chi connectivity index (χ4v) is 3.59. The first-order chi connectivity index (χ1) is 14.2. The maximum Gasteiger partial charge on any atom is 0.186 e. The highest BCUT2D eigenvalue weighted by Gasteiger charge is 2.16. The Bertz CT molecular complexity index is 1210. The first-order valence-electron chi connectivity index (χ1n) is 9.19. The molecule has 3 rings (SSSR count). The van der Waals surface area contributed by atoms with Gasteiger partial charge in [-0.05, 0) is 31.6 Å². The molecular weight excluding hydrogens is 400 g/mol. The van der Waals surface area contributed by atoms with Gasteiger partial charge in [0.2, 0.25) is 0 Å². The van der Waals surface area contributed by atoms with Crippen molar-refractivity contribution in [1.29, 1.82) is 0 Å². The van der Waals surface area contributed by atoms with Crippen LogP contribution >= 0.6 is 0 Å². The number of carbonyl (C=O) groups is 1. The molecule has 0 atom stereocenters. The summed E-state index contributed by atoms with van der Waals surface area (Å²) in [5, 5.41) is 8.67. The SMILES string of the molecule is Cc1ccc(C=Cc2nnc(CS(=O)(=O)C=CC(=O)c3ccc(C)cc3)n2N)cc1. The van der Waals surface area contributed by atoms with E-state index in [2.05, 4.69) is 10.2 Å². The molecule has 30 heavy (non-hydrogen) atoms. The third kappa shape index (κ3) is 5.51. The molecule has 2 aromatic carbocycles. The van der Waals surface area contributed by atoms with E-state index < -0.39 is 21.4 Å². The van der Waals surface area contributed by atoms with Gasteiger partial charge in [0, 0.05) is 11.0 Å². The molecule has 7 nitrogen and oxygen atoms in total. The summed E-state index contributed by atoms with van der Waals surface area (Å²) >= 11 is 0. The van der Waals surface area contributed by atoms with E-state index in [9.17, 15) is 13.2 Å². The highest BCUT2D eigenvalue weighted by molar-refractivity contribution is 7.93. The predicted molar refractivity (Wildman–Crippen MR) is 118 cm³/mol. The molecule has 1 aromatic heterocycles. The Balaban J connectivity index is 1.70. The molecule has 0 fully saturated rings. The molecule has 0 saturated heterocycles. The second kappa shape index (κ2) is 8.87. The van der Waals surface area contributed by atoms with Gasteiger partial charge < -0.3 is 5.84 Å². The second-order valence-electron chi connectivity index (χ2n) is 6.93. The Kier molecular flexibility index (Phi) is 6.27. The molecule has 8 heteroatoms. The maximum atomic E-state index is 12.4. The second-order valence-corrected chi connectivity index (χ2v) is 8.82. The van der Waals surface area contributed by atoms with Crippen LogP contribution in [-0.2, 0) is 15.6 Å². The molecule has 0 saturated carbocycles. The van der Waals surface area contributed by atoms with Crippen LogP contribution in [0.15, 0.2) is 60.0 Å².